The van der Waals surface area contributed by atoms with E-state index in [4.69, 9.17) is 5.11 Å². The molecule has 0 saturated carbocycles. The third-order valence-electron chi connectivity index (χ3n) is 4.05. The molecule has 1 aliphatic rings. The van der Waals surface area contributed by atoms with Gasteiger partial charge in [-0.3, -0.25) is 4.79 Å². The van der Waals surface area contributed by atoms with Crippen LogP contribution in [0.25, 0.3) is 10.4 Å². The third-order valence-corrected chi connectivity index (χ3v) is 4.97. The average Bonchev–Trinajstić information content (AvgIpc) is 3.10. The minimum atomic E-state index is -0.770. The molecule has 2 N–H and O–H groups in total. The molecule has 6 heteroatoms. The van der Waals surface area contributed by atoms with E-state index in [9.17, 15) is 9.59 Å². The molecule has 0 radical (unpaired) electrons. The number of benzene rings is 1. The zero-order valence-corrected chi connectivity index (χ0v) is 13.4. The predicted octanol–water partition coefficient (Wildman–Crippen LogP) is 3.74. The molecule has 0 spiro atoms. The topological polar surface area (TPSA) is 69.6 Å². The molecule has 3 rings (SSSR count). The van der Waals surface area contributed by atoms with Crippen molar-refractivity contribution in [2.45, 2.75) is 12.8 Å². The number of piperidine rings is 1. The number of carbonyl (C=O) groups is 2. The normalized spacial score (nSPS) is 15.4. The number of aliphatic carboxylic acids is 1. The molecule has 1 aliphatic heterocycles. The van der Waals surface area contributed by atoms with Crippen molar-refractivity contribution in [2.75, 3.05) is 18.4 Å². The first-order chi connectivity index (χ1) is 11.1. The Bertz CT molecular complexity index is 692. The number of rotatable bonds is 3. The Balaban J connectivity index is 1.62. The van der Waals surface area contributed by atoms with Crippen LogP contribution in [0.5, 0.6) is 0 Å². The van der Waals surface area contributed by atoms with Crippen molar-refractivity contribution >= 4 is 29.0 Å². The minimum Gasteiger partial charge on any atom is -0.481 e. The Hall–Kier alpha value is -2.34. The number of hydrogen-bond acceptors (Lipinski definition) is 3. The molecule has 2 amide bonds. The van der Waals surface area contributed by atoms with E-state index in [0.29, 0.717) is 25.9 Å². The zero-order valence-electron chi connectivity index (χ0n) is 12.6. The quantitative estimate of drug-likeness (QED) is 0.900. The molecule has 0 aliphatic carbocycles. The van der Waals surface area contributed by atoms with Gasteiger partial charge in [-0.15, -0.1) is 11.3 Å². The first-order valence-corrected chi connectivity index (χ1v) is 8.44. The summed E-state index contributed by atoms with van der Waals surface area (Å²) < 4.78 is 0. The molecule has 1 saturated heterocycles. The van der Waals surface area contributed by atoms with E-state index in [1.807, 2.05) is 41.8 Å². The molecular weight excluding hydrogens is 312 g/mol. The van der Waals surface area contributed by atoms with E-state index < -0.39 is 5.97 Å². The van der Waals surface area contributed by atoms with Gasteiger partial charge in [0.15, 0.2) is 0 Å². The van der Waals surface area contributed by atoms with Crippen molar-refractivity contribution in [1.82, 2.24) is 4.90 Å². The van der Waals surface area contributed by atoms with Crippen LogP contribution in [0.2, 0.25) is 0 Å². The second kappa shape index (κ2) is 6.83. The zero-order chi connectivity index (χ0) is 16.2. The van der Waals surface area contributed by atoms with Crippen molar-refractivity contribution in [3.63, 3.8) is 0 Å². The van der Waals surface area contributed by atoms with Gasteiger partial charge >= 0.3 is 12.0 Å². The van der Waals surface area contributed by atoms with Crippen molar-refractivity contribution in [3.8, 4) is 10.4 Å². The number of likely N-dealkylation sites (tertiary alicyclic amines) is 1. The van der Waals surface area contributed by atoms with Gasteiger partial charge in [-0.25, -0.2) is 4.79 Å². The molecule has 23 heavy (non-hydrogen) atoms. The number of thiophene rings is 1. The number of carboxylic acids is 1. The van der Waals surface area contributed by atoms with E-state index in [0.717, 1.165) is 16.1 Å². The number of carboxylic acid groups (broad SMARTS) is 1. The summed E-state index contributed by atoms with van der Waals surface area (Å²) >= 11 is 1.66. The second-order valence-electron chi connectivity index (χ2n) is 5.59. The fourth-order valence-electron chi connectivity index (χ4n) is 2.73. The Kier molecular flexibility index (Phi) is 4.62. The maximum absolute atomic E-state index is 12.3. The summed E-state index contributed by atoms with van der Waals surface area (Å²) in [6.07, 6.45) is 1.02. The highest BCUT2D eigenvalue weighted by atomic mass is 32.1. The van der Waals surface area contributed by atoms with Gasteiger partial charge in [-0.05, 0) is 42.0 Å². The molecule has 1 fully saturated rings. The van der Waals surface area contributed by atoms with Crippen molar-refractivity contribution in [2.24, 2.45) is 5.92 Å². The molecule has 5 nitrogen and oxygen atoms in total. The molecule has 2 aromatic rings. The van der Waals surface area contributed by atoms with Crippen LogP contribution in [0, 0.1) is 5.92 Å². The van der Waals surface area contributed by atoms with Gasteiger partial charge in [0.1, 0.15) is 0 Å². The van der Waals surface area contributed by atoms with Gasteiger partial charge in [0.25, 0.3) is 0 Å². The van der Waals surface area contributed by atoms with Crippen LogP contribution >= 0.6 is 11.3 Å². The average molecular weight is 330 g/mol. The van der Waals surface area contributed by atoms with E-state index in [1.165, 1.54) is 0 Å². The summed E-state index contributed by atoms with van der Waals surface area (Å²) in [5, 5.41) is 13.9. The van der Waals surface area contributed by atoms with Crippen LogP contribution in [-0.2, 0) is 4.79 Å². The van der Waals surface area contributed by atoms with Gasteiger partial charge in [0.05, 0.1) is 5.92 Å². The highest BCUT2D eigenvalue weighted by Gasteiger charge is 2.26. The highest BCUT2D eigenvalue weighted by molar-refractivity contribution is 7.13. The lowest BCUT2D eigenvalue weighted by Crippen LogP contribution is -2.42. The third kappa shape index (κ3) is 3.71. The van der Waals surface area contributed by atoms with Gasteiger partial charge in [-0.1, -0.05) is 18.2 Å². The monoisotopic (exact) mass is 330 g/mol. The summed E-state index contributed by atoms with van der Waals surface area (Å²) in [6, 6.07) is 11.6. The lowest BCUT2D eigenvalue weighted by molar-refractivity contribution is -0.143. The lowest BCUT2D eigenvalue weighted by Gasteiger charge is -2.30. The van der Waals surface area contributed by atoms with Crippen molar-refractivity contribution < 1.29 is 14.7 Å². The molecule has 1 aromatic carbocycles. The Morgan fingerprint density at radius 2 is 1.96 bits per heavy atom. The van der Waals surface area contributed by atoms with E-state index >= 15 is 0 Å². The summed E-state index contributed by atoms with van der Waals surface area (Å²) in [6.45, 7) is 0.959. The maximum atomic E-state index is 12.3. The molecule has 1 aromatic heterocycles. The molecule has 0 unspecified atom stereocenters. The molecular formula is C17H18N2O3S. The smallest absolute Gasteiger partial charge is 0.321 e. The Labute approximate surface area is 138 Å². The number of hydrogen-bond donors (Lipinski definition) is 2. The predicted molar refractivity (Wildman–Crippen MR) is 90.7 cm³/mol. The van der Waals surface area contributed by atoms with Crippen molar-refractivity contribution in [3.05, 3.63) is 41.8 Å². The SMILES string of the molecule is O=C(O)C1CCN(C(=O)Nc2cccc(-c3cccs3)c2)CC1. The molecule has 0 bridgehead atoms. The Morgan fingerprint density at radius 3 is 2.61 bits per heavy atom. The maximum Gasteiger partial charge on any atom is 0.321 e. The standard InChI is InChI=1S/C17H18N2O3S/c20-16(21)12-6-8-19(9-7-12)17(22)18-14-4-1-3-13(11-14)15-5-2-10-23-15/h1-5,10-12H,6-9H2,(H,18,22)(H,20,21). The Morgan fingerprint density at radius 1 is 1.17 bits per heavy atom. The molecule has 2 heterocycles. The van der Waals surface area contributed by atoms with Gasteiger partial charge in [0, 0.05) is 23.7 Å². The minimum absolute atomic E-state index is 0.169. The van der Waals surface area contributed by atoms with Gasteiger partial charge < -0.3 is 15.3 Å². The summed E-state index contributed by atoms with van der Waals surface area (Å²) in [5.74, 6) is -1.10. The van der Waals surface area contributed by atoms with Gasteiger partial charge in [0.2, 0.25) is 0 Å². The molecule has 0 atom stereocenters. The highest BCUT2D eigenvalue weighted by Crippen LogP contribution is 2.27. The molecule has 120 valence electrons. The van der Waals surface area contributed by atoms with Crippen LogP contribution in [0.15, 0.2) is 41.8 Å². The number of anilines is 1. The van der Waals surface area contributed by atoms with Crippen LogP contribution in [0.4, 0.5) is 10.5 Å². The summed E-state index contributed by atoms with van der Waals surface area (Å²) in [4.78, 5) is 26.1. The van der Waals surface area contributed by atoms with E-state index in [-0.39, 0.29) is 11.9 Å². The first-order valence-electron chi connectivity index (χ1n) is 7.56. The fraction of sp³-hybridized carbons (Fsp3) is 0.294. The number of nitrogens with one attached hydrogen (secondary N) is 1. The van der Waals surface area contributed by atoms with E-state index in [1.54, 1.807) is 16.2 Å². The number of carbonyl (C=O) groups excluding carboxylic acids is 1. The summed E-state index contributed by atoms with van der Waals surface area (Å²) in [5.41, 5.74) is 1.82. The van der Waals surface area contributed by atoms with Crippen LogP contribution in [0.1, 0.15) is 12.8 Å². The van der Waals surface area contributed by atoms with Crippen LogP contribution in [-0.4, -0.2) is 35.1 Å². The van der Waals surface area contributed by atoms with Crippen LogP contribution < -0.4 is 5.32 Å². The number of amides is 2. The number of urea groups is 1. The second-order valence-corrected chi connectivity index (χ2v) is 6.54. The van der Waals surface area contributed by atoms with Crippen LogP contribution in [0.3, 0.4) is 0 Å². The lowest BCUT2D eigenvalue weighted by atomic mass is 9.97. The largest absolute Gasteiger partial charge is 0.481 e. The first kappa shape index (κ1) is 15.6. The van der Waals surface area contributed by atoms with E-state index in [2.05, 4.69) is 5.32 Å². The van der Waals surface area contributed by atoms with Crippen molar-refractivity contribution in [1.29, 1.82) is 0 Å². The fourth-order valence-corrected chi connectivity index (χ4v) is 3.45. The number of nitrogens with zero attached hydrogens (tertiary/aromatic N) is 1. The summed E-state index contributed by atoms with van der Waals surface area (Å²) in [7, 11) is 0. The van der Waals surface area contributed by atoms with Gasteiger partial charge in [-0.2, -0.15) is 0 Å².